The van der Waals surface area contributed by atoms with E-state index >= 15 is 0 Å². The van der Waals surface area contributed by atoms with Crippen molar-refractivity contribution in [1.29, 1.82) is 0 Å². The second-order valence-electron chi connectivity index (χ2n) is 26.7. The molecule has 5 aliphatic rings. The van der Waals surface area contributed by atoms with Crippen molar-refractivity contribution >= 4 is 117 Å². The Morgan fingerprint density at radius 1 is 0.306 bits per heavy atom. The molecule has 0 saturated heterocycles. The van der Waals surface area contributed by atoms with Crippen LogP contribution < -0.4 is 0 Å². The maximum Gasteiger partial charge on any atom is 0.343 e. The molecule has 0 radical (unpaired) electrons. The fraction of sp³-hybridized carbons (Fsp3) is 0.129. The highest BCUT2D eigenvalue weighted by Gasteiger charge is 2.43. The number of esters is 4. The Morgan fingerprint density at radius 2 is 0.661 bits per heavy atom. The van der Waals surface area contributed by atoms with Gasteiger partial charge in [-0.25, -0.2) is 86.6 Å². The number of nitrogens with zero attached hydrogens (tertiary/aromatic N) is 10. The summed E-state index contributed by atoms with van der Waals surface area (Å²) in [6.45, 7) is 0.472. The van der Waals surface area contributed by atoms with Crippen LogP contribution in [0.2, 0.25) is 41.5 Å². The molecule has 608 valence electrons. The third-order valence-electron chi connectivity index (χ3n) is 19.0. The van der Waals surface area contributed by atoms with Crippen LogP contribution >= 0.6 is 92.8 Å². The molecule has 15 aromatic rings. The summed E-state index contributed by atoms with van der Waals surface area (Å²) in [4.78, 5) is 91.0. The minimum atomic E-state index is -0.850. The van der Waals surface area contributed by atoms with Gasteiger partial charge < -0.3 is 45.8 Å². The molecule has 5 aliphatic heterocycles. The van der Waals surface area contributed by atoms with Gasteiger partial charge >= 0.3 is 23.9 Å². The first-order valence-corrected chi connectivity index (χ1v) is 39.1. The molecule has 5 aromatic carbocycles. The highest BCUT2D eigenvalue weighted by molar-refractivity contribution is 6.32. The number of carbonyl (C=O) groups excluding carboxylic acids is 4. The van der Waals surface area contributed by atoms with Gasteiger partial charge in [0.25, 0.3) is 0 Å². The molecular weight excluding hydrogens is 1740 g/mol. The van der Waals surface area contributed by atoms with Crippen LogP contribution in [0.25, 0.3) is 57.3 Å². The zero-order valence-corrected chi connectivity index (χ0v) is 67.5. The molecule has 0 aliphatic carbocycles. The van der Waals surface area contributed by atoms with E-state index in [9.17, 15) is 36.7 Å². The summed E-state index contributed by atoms with van der Waals surface area (Å²) in [5, 5.41) is 1.01. The van der Waals surface area contributed by atoms with Crippen LogP contribution in [0.4, 0.5) is 17.6 Å². The van der Waals surface area contributed by atoms with E-state index in [1.54, 1.807) is 79.1 Å². The SMILES string of the molecule is Clc1nc(-c2ccco2)c2c(n1)[C@@H](Cc1ccccc1)OC2.O=C1OC(Cc2ccc(Cl)cc2)c2nc(Cl)nc(-c3ccco3)c21.O=C1OC(Cc2ccc(F)c(Cl)c2)c2nc(Cl)nc(-c3ccco3)c21.O=C1OC(Cc2ccc(F)cc2Cl)c2nc(Cl)nc(-c3ccco3)c21.O=C1OC(Cc2ccc(F)cc2F)c2nc(Cl)nc(-c3ccco3)c21. The third-order valence-corrected chi connectivity index (χ3v) is 20.8. The fourth-order valence-corrected chi connectivity index (χ4v) is 15.1. The van der Waals surface area contributed by atoms with Gasteiger partial charge in [-0.15, -0.1) is 0 Å². The number of ether oxygens (including phenoxy) is 5. The van der Waals surface area contributed by atoms with E-state index in [-0.39, 0.29) is 107 Å². The number of furan rings is 5. The summed E-state index contributed by atoms with van der Waals surface area (Å²) in [5.41, 5.74) is 9.67. The number of fused-ring (bicyclic) bond motifs is 5. The summed E-state index contributed by atoms with van der Waals surface area (Å²) < 4.78 is 108. The molecule has 0 saturated carbocycles. The van der Waals surface area contributed by atoms with Crippen molar-refractivity contribution in [2.24, 2.45) is 0 Å². The average molecular weight is 1800 g/mol. The third kappa shape index (κ3) is 18.3. The highest BCUT2D eigenvalue weighted by Crippen LogP contribution is 2.45. The van der Waals surface area contributed by atoms with Gasteiger partial charge in [0.05, 0.1) is 48.6 Å². The number of halogens is 12. The minimum absolute atomic E-state index is 0.000888. The lowest BCUT2D eigenvalue weighted by Gasteiger charge is -2.11. The molecule has 0 fully saturated rings. The molecule has 0 amide bonds. The van der Waals surface area contributed by atoms with Gasteiger partial charge in [0.2, 0.25) is 26.4 Å². The summed E-state index contributed by atoms with van der Waals surface area (Å²) in [7, 11) is 0. The number of carbonyl (C=O) groups is 4. The largest absolute Gasteiger partial charge is 0.463 e. The Kier molecular flexibility index (Phi) is 24.5. The quantitative estimate of drug-likeness (QED) is 0.0398. The van der Waals surface area contributed by atoms with Crippen LogP contribution in [0.1, 0.15) is 134 Å². The number of benzene rings is 5. The molecular formula is C85H50Cl8F4N10O14. The smallest absolute Gasteiger partial charge is 0.343 e. The van der Waals surface area contributed by atoms with E-state index in [4.69, 9.17) is 139 Å². The Balaban J connectivity index is 0.000000112. The van der Waals surface area contributed by atoms with E-state index in [1.165, 1.54) is 60.9 Å². The second kappa shape index (κ2) is 36.0. The normalized spacial score (nSPS) is 16.1. The summed E-state index contributed by atoms with van der Waals surface area (Å²) in [5.74, 6) is -2.37. The Hall–Kier alpha value is -12.2. The van der Waals surface area contributed by atoms with Crippen LogP contribution in [0.3, 0.4) is 0 Å². The number of hydrogen-bond donors (Lipinski definition) is 0. The monoisotopic (exact) mass is 1790 g/mol. The fourth-order valence-electron chi connectivity index (χ4n) is 13.7. The maximum atomic E-state index is 13.9. The zero-order valence-electron chi connectivity index (χ0n) is 61.4. The second-order valence-corrected chi connectivity index (χ2v) is 29.7. The predicted octanol–water partition coefficient (Wildman–Crippen LogP) is 22.1. The molecule has 4 unspecified atom stereocenters. The van der Waals surface area contributed by atoms with Crippen molar-refractivity contribution in [3.63, 3.8) is 0 Å². The summed E-state index contributed by atoms with van der Waals surface area (Å²) in [6, 6.07) is 46.2. The van der Waals surface area contributed by atoms with E-state index in [0.717, 1.165) is 41.1 Å². The van der Waals surface area contributed by atoms with Crippen molar-refractivity contribution in [2.75, 3.05) is 0 Å². The topological polar surface area (TPSA) is 309 Å². The minimum Gasteiger partial charge on any atom is -0.463 e. The van der Waals surface area contributed by atoms with Crippen LogP contribution in [0.5, 0.6) is 0 Å². The van der Waals surface area contributed by atoms with Crippen LogP contribution in [0.15, 0.2) is 223 Å². The molecule has 24 nitrogen and oxygen atoms in total. The maximum absolute atomic E-state index is 13.9. The van der Waals surface area contributed by atoms with Crippen molar-refractivity contribution in [3.05, 3.63) is 350 Å². The molecule has 10 aromatic heterocycles. The first-order chi connectivity index (χ1) is 58.5. The highest BCUT2D eigenvalue weighted by atomic mass is 35.5. The molecule has 20 rings (SSSR count). The van der Waals surface area contributed by atoms with Gasteiger partial charge in [-0.1, -0.05) is 95.5 Å². The van der Waals surface area contributed by atoms with E-state index in [1.807, 2.05) is 42.5 Å². The average Bonchev–Trinajstić information content (AvgIpc) is 1.64. The van der Waals surface area contributed by atoms with Gasteiger partial charge in [0.15, 0.2) is 28.8 Å². The van der Waals surface area contributed by atoms with Gasteiger partial charge in [0, 0.05) is 53.8 Å². The van der Waals surface area contributed by atoms with Gasteiger partial charge in [-0.3, -0.25) is 0 Å². The van der Waals surface area contributed by atoms with E-state index < -0.39 is 71.6 Å². The molecule has 121 heavy (non-hydrogen) atoms. The predicted molar refractivity (Wildman–Crippen MR) is 429 cm³/mol. The molecule has 5 atom stereocenters. The zero-order chi connectivity index (χ0) is 84.3. The lowest BCUT2D eigenvalue weighted by Crippen LogP contribution is -2.06. The first-order valence-electron chi connectivity index (χ1n) is 36.1. The summed E-state index contributed by atoms with van der Waals surface area (Å²) >= 11 is 47.9. The molecule has 36 heteroatoms. The Labute approximate surface area is 720 Å². The number of aromatic nitrogens is 10. The lowest BCUT2D eigenvalue weighted by atomic mass is 10.0. The van der Waals surface area contributed by atoms with E-state index in [0.29, 0.717) is 86.3 Å². The Morgan fingerprint density at radius 3 is 1.07 bits per heavy atom. The van der Waals surface area contributed by atoms with Crippen molar-refractivity contribution in [3.8, 4) is 57.3 Å². The number of hydrogen-bond acceptors (Lipinski definition) is 24. The summed E-state index contributed by atoms with van der Waals surface area (Å²) in [6.07, 6.45) is 6.40. The van der Waals surface area contributed by atoms with Gasteiger partial charge in [0.1, 0.15) is 127 Å². The Bertz CT molecular complexity index is 6250. The standard InChI is InChI=1S/2C17H9Cl2FN2O3.C17H10Cl2N2O3.C17H9ClF2N2O3.C17H13ClN2O2/c18-10-7-9(20)4-3-8(10)6-12-15-13(16(23)25-12)14(21-17(19)22-15)11-2-1-5-24-11;18-9-6-8(3-4-10(9)20)7-12-15-13(16(23)25-12)14(21-17(19)22-15)11-2-1-5-24-11;18-10-5-3-9(4-6-10)8-12-15-13(16(22)24-12)14(20-17(19)21-15)11-2-1-7-23-11;18-17-21-14(11-2-1-5-24-11)13-15(22-17)12(25-16(13)23)6-8-3-4-9(19)7-10(8)20;18-17-19-15(13-7-4-8-21-13)12-10-22-14(16(12)20-17)9-11-5-2-1-3-6-11/h1-5,7,12H,6H2;1-6,12H,7H2;1-7,12H,8H2;1-5,7,12H,6H2;1-8,14H,9-10H2/t;;;;14-/m....1/s1. The van der Waals surface area contributed by atoms with E-state index in [2.05, 4.69) is 62.0 Å². The molecule has 0 N–H and O–H groups in total. The van der Waals surface area contributed by atoms with Crippen LogP contribution in [0, 0.1) is 23.3 Å². The number of cyclic esters (lactones) is 4. The molecule has 15 heterocycles. The molecule has 0 spiro atoms. The molecule has 0 bridgehead atoms. The lowest BCUT2D eigenvalue weighted by molar-refractivity contribution is 0.0372. The van der Waals surface area contributed by atoms with Crippen molar-refractivity contribution in [2.45, 2.75) is 69.2 Å². The number of rotatable bonds is 15. The van der Waals surface area contributed by atoms with Crippen molar-refractivity contribution < 1.29 is 82.5 Å². The van der Waals surface area contributed by atoms with Crippen molar-refractivity contribution in [1.82, 2.24) is 49.8 Å². The van der Waals surface area contributed by atoms with Gasteiger partial charge in [-0.2, -0.15) is 0 Å². The van der Waals surface area contributed by atoms with Gasteiger partial charge in [-0.05, 0) is 189 Å². The van der Waals surface area contributed by atoms with Crippen LogP contribution in [-0.4, -0.2) is 73.7 Å². The first kappa shape index (κ1) is 82.5. The van der Waals surface area contributed by atoms with Crippen LogP contribution in [-0.2, 0) is 62.4 Å².